The topological polar surface area (TPSA) is 9.23 Å². The van der Waals surface area contributed by atoms with Gasteiger partial charge in [0, 0.05) is 4.83 Å². The molecule has 1 unspecified atom stereocenters. The first kappa shape index (κ1) is 8.44. The Balaban J connectivity index is 2.93. The summed E-state index contributed by atoms with van der Waals surface area (Å²) < 4.78 is 5.26. The van der Waals surface area contributed by atoms with Crippen molar-refractivity contribution >= 4 is 15.9 Å². The third kappa shape index (κ3) is 6.44. The van der Waals surface area contributed by atoms with Gasteiger partial charge >= 0.3 is 0 Å². The fourth-order valence-corrected chi connectivity index (χ4v) is 0.478. The normalized spacial score (nSPS) is 14.6. The summed E-state index contributed by atoms with van der Waals surface area (Å²) >= 11 is 3.38. The molecule has 50 valence electrons. The highest BCUT2D eigenvalue weighted by atomic mass is 79.9. The van der Waals surface area contributed by atoms with Gasteiger partial charge in [-0.2, -0.15) is 0 Å². The highest BCUT2D eigenvalue weighted by molar-refractivity contribution is 9.09. The van der Waals surface area contributed by atoms with Crippen molar-refractivity contribution in [3.05, 3.63) is 0 Å². The standard InChI is InChI=1S/C6H13BrO/c1-5(2)8-4-6(3)7/h5-6H,4H2,1-3H3. The van der Waals surface area contributed by atoms with E-state index < -0.39 is 0 Å². The van der Waals surface area contributed by atoms with Crippen LogP contribution in [0.2, 0.25) is 0 Å². The maximum atomic E-state index is 5.26. The molecule has 1 nitrogen and oxygen atoms in total. The molecule has 0 fully saturated rings. The van der Waals surface area contributed by atoms with Crippen LogP contribution in [0, 0.1) is 0 Å². The van der Waals surface area contributed by atoms with Gasteiger partial charge < -0.3 is 4.74 Å². The number of hydrogen-bond donors (Lipinski definition) is 0. The Labute approximate surface area is 59.5 Å². The Kier molecular flexibility index (Phi) is 4.57. The van der Waals surface area contributed by atoms with Crippen molar-refractivity contribution in [2.24, 2.45) is 0 Å². The van der Waals surface area contributed by atoms with Crippen LogP contribution in [0.25, 0.3) is 0 Å². The monoisotopic (exact) mass is 180 g/mol. The highest BCUT2D eigenvalue weighted by Crippen LogP contribution is 1.99. The molecule has 8 heavy (non-hydrogen) atoms. The van der Waals surface area contributed by atoms with E-state index in [-0.39, 0.29) is 0 Å². The molecular formula is C6H13BrO. The van der Waals surface area contributed by atoms with Crippen molar-refractivity contribution in [2.45, 2.75) is 31.7 Å². The number of hydrogen-bond acceptors (Lipinski definition) is 1. The summed E-state index contributed by atoms with van der Waals surface area (Å²) in [4.78, 5) is 0.477. The van der Waals surface area contributed by atoms with Crippen LogP contribution in [0.15, 0.2) is 0 Å². The highest BCUT2D eigenvalue weighted by Gasteiger charge is 1.96. The molecule has 0 heterocycles. The maximum Gasteiger partial charge on any atom is 0.0592 e. The van der Waals surface area contributed by atoms with Crippen LogP contribution in [0.3, 0.4) is 0 Å². The molecule has 0 aliphatic carbocycles. The molecule has 0 aromatic heterocycles. The van der Waals surface area contributed by atoms with Crippen LogP contribution in [-0.2, 0) is 4.74 Å². The first-order valence-electron chi connectivity index (χ1n) is 2.88. The third-order valence-electron chi connectivity index (χ3n) is 0.659. The minimum atomic E-state index is 0.356. The van der Waals surface area contributed by atoms with E-state index in [0.717, 1.165) is 6.61 Å². The van der Waals surface area contributed by atoms with Gasteiger partial charge in [0.2, 0.25) is 0 Å². The van der Waals surface area contributed by atoms with E-state index in [0.29, 0.717) is 10.9 Å². The second kappa shape index (κ2) is 4.33. The molecule has 2 heteroatoms. The Morgan fingerprint density at radius 2 is 1.88 bits per heavy atom. The lowest BCUT2D eigenvalue weighted by molar-refractivity contribution is 0.0828. The Morgan fingerprint density at radius 3 is 2.00 bits per heavy atom. The number of alkyl halides is 1. The predicted molar refractivity (Wildman–Crippen MR) is 39.5 cm³/mol. The van der Waals surface area contributed by atoms with Gasteiger partial charge in [0.05, 0.1) is 12.7 Å². The molecule has 0 amide bonds. The van der Waals surface area contributed by atoms with Gasteiger partial charge in [-0.3, -0.25) is 0 Å². The van der Waals surface area contributed by atoms with Crippen molar-refractivity contribution in [3.8, 4) is 0 Å². The minimum Gasteiger partial charge on any atom is -0.378 e. The van der Waals surface area contributed by atoms with Crippen LogP contribution in [-0.4, -0.2) is 17.5 Å². The molecule has 0 aromatic carbocycles. The third-order valence-corrected chi connectivity index (χ3v) is 0.924. The van der Waals surface area contributed by atoms with Crippen molar-refractivity contribution in [1.82, 2.24) is 0 Å². The molecule has 0 saturated heterocycles. The van der Waals surface area contributed by atoms with E-state index in [4.69, 9.17) is 4.74 Å². The zero-order valence-electron chi connectivity index (χ0n) is 5.65. The van der Waals surface area contributed by atoms with Crippen LogP contribution in [0.1, 0.15) is 20.8 Å². The zero-order valence-corrected chi connectivity index (χ0v) is 7.23. The second-order valence-electron chi connectivity index (χ2n) is 2.16. The lowest BCUT2D eigenvalue weighted by Crippen LogP contribution is -2.09. The largest absolute Gasteiger partial charge is 0.378 e. The molecule has 0 radical (unpaired) electrons. The van der Waals surface area contributed by atoms with E-state index in [9.17, 15) is 0 Å². The van der Waals surface area contributed by atoms with Gasteiger partial charge in [0.15, 0.2) is 0 Å². The van der Waals surface area contributed by atoms with Crippen LogP contribution in [0.5, 0.6) is 0 Å². The minimum absolute atomic E-state index is 0.356. The molecule has 0 aliphatic heterocycles. The quantitative estimate of drug-likeness (QED) is 0.606. The molecule has 0 aliphatic rings. The smallest absolute Gasteiger partial charge is 0.0592 e. The van der Waals surface area contributed by atoms with Crippen LogP contribution >= 0.6 is 15.9 Å². The van der Waals surface area contributed by atoms with E-state index >= 15 is 0 Å². The summed E-state index contributed by atoms with van der Waals surface area (Å²) in [7, 11) is 0. The predicted octanol–water partition coefficient (Wildman–Crippen LogP) is 2.19. The summed E-state index contributed by atoms with van der Waals surface area (Å²) in [6.07, 6.45) is 0.356. The van der Waals surface area contributed by atoms with E-state index in [1.165, 1.54) is 0 Å². The van der Waals surface area contributed by atoms with Gasteiger partial charge in [-0.1, -0.05) is 22.9 Å². The summed E-state index contributed by atoms with van der Waals surface area (Å²) in [6.45, 7) is 6.95. The fourth-order valence-electron chi connectivity index (χ4n) is 0.325. The van der Waals surface area contributed by atoms with Crippen LogP contribution < -0.4 is 0 Å². The molecule has 0 spiro atoms. The molecular weight excluding hydrogens is 168 g/mol. The second-order valence-corrected chi connectivity index (χ2v) is 3.73. The SMILES string of the molecule is CC(Br)COC(C)C. The van der Waals surface area contributed by atoms with Crippen molar-refractivity contribution in [3.63, 3.8) is 0 Å². The Hall–Kier alpha value is 0.440. The van der Waals surface area contributed by atoms with Gasteiger partial charge in [0.1, 0.15) is 0 Å². The molecule has 0 aromatic rings. The number of ether oxygens (including phenoxy) is 1. The molecule has 0 N–H and O–H groups in total. The van der Waals surface area contributed by atoms with Crippen molar-refractivity contribution in [1.29, 1.82) is 0 Å². The summed E-state index contributed by atoms with van der Waals surface area (Å²) in [5.74, 6) is 0. The zero-order chi connectivity index (χ0) is 6.57. The summed E-state index contributed by atoms with van der Waals surface area (Å²) in [5, 5.41) is 0. The van der Waals surface area contributed by atoms with Crippen LogP contribution in [0.4, 0.5) is 0 Å². The van der Waals surface area contributed by atoms with Crippen molar-refractivity contribution in [2.75, 3.05) is 6.61 Å². The average Bonchev–Trinajstić information content (AvgIpc) is 1.61. The van der Waals surface area contributed by atoms with E-state index in [1.54, 1.807) is 0 Å². The molecule has 0 saturated carbocycles. The molecule has 0 bridgehead atoms. The van der Waals surface area contributed by atoms with Gasteiger partial charge in [-0.25, -0.2) is 0 Å². The first-order valence-corrected chi connectivity index (χ1v) is 3.80. The lowest BCUT2D eigenvalue weighted by Gasteiger charge is -2.07. The average molecular weight is 181 g/mol. The number of rotatable bonds is 3. The molecule has 1 atom stereocenters. The fraction of sp³-hybridized carbons (Fsp3) is 1.00. The van der Waals surface area contributed by atoms with Gasteiger partial charge in [0.25, 0.3) is 0 Å². The maximum absolute atomic E-state index is 5.26. The van der Waals surface area contributed by atoms with E-state index in [1.807, 2.05) is 13.8 Å². The van der Waals surface area contributed by atoms with Crippen molar-refractivity contribution < 1.29 is 4.74 Å². The Bertz CT molecular complexity index is 44.5. The van der Waals surface area contributed by atoms with E-state index in [2.05, 4.69) is 22.9 Å². The molecule has 0 rings (SSSR count). The lowest BCUT2D eigenvalue weighted by atomic mass is 10.4. The Morgan fingerprint density at radius 1 is 1.38 bits per heavy atom. The summed E-state index contributed by atoms with van der Waals surface area (Å²) in [5.41, 5.74) is 0. The number of halogens is 1. The van der Waals surface area contributed by atoms with Gasteiger partial charge in [-0.15, -0.1) is 0 Å². The summed E-state index contributed by atoms with van der Waals surface area (Å²) in [6, 6.07) is 0. The first-order chi connectivity index (χ1) is 3.63. The van der Waals surface area contributed by atoms with Gasteiger partial charge in [-0.05, 0) is 13.8 Å².